The maximum absolute atomic E-state index is 13.0. The van der Waals surface area contributed by atoms with Gasteiger partial charge in [0.25, 0.3) is 5.91 Å². The zero-order valence-electron chi connectivity index (χ0n) is 17.8. The molecule has 166 valence electrons. The lowest BCUT2D eigenvalue weighted by Crippen LogP contribution is -2.30. The van der Waals surface area contributed by atoms with Crippen LogP contribution in [0.15, 0.2) is 83.8 Å². The molecule has 32 heavy (non-hydrogen) atoms. The van der Waals surface area contributed by atoms with Crippen LogP contribution in [0.25, 0.3) is 0 Å². The molecule has 6 nitrogen and oxygen atoms in total. The van der Waals surface area contributed by atoms with E-state index >= 15 is 0 Å². The Kier molecular flexibility index (Phi) is 6.58. The number of nitrogens with one attached hydrogen (secondary N) is 2. The predicted molar refractivity (Wildman–Crippen MR) is 123 cm³/mol. The van der Waals surface area contributed by atoms with Gasteiger partial charge in [0.05, 0.1) is 18.0 Å². The summed E-state index contributed by atoms with van der Waals surface area (Å²) in [4.78, 5) is 13.1. The highest BCUT2D eigenvalue weighted by Crippen LogP contribution is 2.41. The normalized spacial score (nSPS) is 14.5. The molecule has 1 atom stereocenters. The molecular formula is C25H26N2O4S. The van der Waals surface area contributed by atoms with Gasteiger partial charge in [0.15, 0.2) is 0 Å². The number of amides is 1. The van der Waals surface area contributed by atoms with E-state index < -0.39 is 10.0 Å². The summed E-state index contributed by atoms with van der Waals surface area (Å²) in [6.45, 7) is 0.181. The van der Waals surface area contributed by atoms with E-state index in [9.17, 15) is 13.2 Å². The summed E-state index contributed by atoms with van der Waals surface area (Å²) in [6.07, 6.45) is 2.10. The number of methoxy groups -OCH3 is 1. The van der Waals surface area contributed by atoms with Gasteiger partial charge in [-0.1, -0.05) is 48.5 Å². The second kappa shape index (κ2) is 9.54. The van der Waals surface area contributed by atoms with Crippen LogP contribution in [0.4, 0.5) is 0 Å². The first kappa shape index (κ1) is 22.0. The summed E-state index contributed by atoms with van der Waals surface area (Å²) in [5.41, 5.74) is 2.18. The number of carbonyl (C=O) groups is 1. The highest BCUT2D eigenvalue weighted by Gasteiger charge is 2.33. The van der Waals surface area contributed by atoms with E-state index in [1.165, 1.54) is 12.1 Å². The number of hydrogen-bond acceptors (Lipinski definition) is 4. The van der Waals surface area contributed by atoms with Crippen molar-refractivity contribution < 1.29 is 17.9 Å². The van der Waals surface area contributed by atoms with Crippen LogP contribution in [0, 0.1) is 5.92 Å². The second-order valence-corrected chi connectivity index (χ2v) is 9.67. The minimum atomic E-state index is -3.75. The first-order chi connectivity index (χ1) is 15.5. The van der Waals surface area contributed by atoms with Gasteiger partial charge in [-0.25, -0.2) is 13.1 Å². The van der Waals surface area contributed by atoms with Gasteiger partial charge < -0.3 is 10.1 Å². The fourth-order valence-electron chi connectivity index (χ4n) is 3.60. The maximum Gasteiger partial charge on any atom is 0.251 e. The van der Waals surface area contributed by atoms with Crippen LogP contribution in [0.2, 0.25) is 0 Å². The van der Waals surface area contributed by atoms with Gasteiger partial charge in [0.1, 0.15) is 5.75 Å². The van der Waals surface area contributed by atoms with Crippen molar-refractivity contribution in [2.75, 3.05) is 7.11 Å². The SMILES string of the molecule is COc1ccc(C(NC(=O)c2cccc(S(=O)(=O)NCc3ccccc3)c2)C2CC2)cc1. The van der Waals surface area contributed by atoms with Crippen LogP contribution < -0.4 is 14.8 Å². The quantitative estimate of drug-likeness (QED) is 0.515. The zero-order chi connectivity index (χ0) is 22.6. The van der Waals surface area contributed by atoms with Crippen molar-refractivity contribution in [1.29, 1.82) is 0 Å². The Bertz CT molecular complexity index is 1170. The summed E-state index contributed by atoms with van der Waals surface area (Å²) in [6, 6.07) is 23.0. The van der Waals surface area contributed by atoms with Gasteiger partial charge in [0, 0.05) is 12.1 Å². The lowest BCUT2D eigenvalue weighted by atomic mass is 10.0. The van der Waals surface area contributed by atoms with Gasteiger partial charge >= 0.3 is 0 Å². The molecule has 4 rings (SSSR count). The molecule has 3 aromatic carbocycles. The van der Waals surface area contributed by atoms with Crippen LogP contribution in [-0.2, 0) is 16.6 Å². The van der Waals surface area contributed by atoms with Crippen molar-refractivity contribution in [1.82, 2.24) is 10.0 Å². The fourth-order valence-corrected chi connectivity index (χ4v) is 4.66. The van der Waals surface area contributed by atoms with Gasteiger partial charge in [-0.15, -0.1) is 0 Å². The van der Waals surface area contributed by atoms with E-state index in [1.807, 2.05) is 54.6 Å². The number of benzene rings is 3. The van der Waals surface area contributed by atoms with Crippen molar-refractivity contribution in [3.63, 3.8) is 0 Å². The van der Waals surface area contributed by atoms with Crippen molar-refractivity contribution in [3.05, 3.63) is 95.6 Å². The second-order valence-electron chi connectivity index (χ2n) is 7.90. The zero-order valence-corrected chi connectivity index (χ0v) is 18.6. The van der Waals surface area contributed by atoms with Crippen LogP contribution in [0.5, 0.6) is 5.75 Å². The van der Waals surface area contributed by atoms with E-state index in [-0.39, 0.29) is 23.4 Å². The molecule has 1 unspecified atom stereocenters. The lowest BCUT2D eigenvalue weighted by molar-refractivity contribution is 0.0931. The molecule has 0 aromatic heterocycles. The van der Waals surface area contributed by atoms with Crippen LogP contribution in [-0.4, -0.2) is 21.4 Å². The fraction of sp³-hybridized carbons (Fsp3) is 0.240. The number of ether oxygens (including phenoxy) is 1. The molecule has 2 N–H and O–H groups in total. The molecule has 1 amide bonds. The maximum atomic E-state index is 13.0. The summed E-state index contributed by atoms with van der Waals surface area (Å²) >= 11 is 0. The van der Waals surface area contributed by atoms with Crippen molar-refractivity contribution in [2.45, 2.75) is 30.3 Å². The van der Waals surface area contributed by atoms with Crippen molar-refractivity contribution in [3.8, 4) is 5.75 Å². The van der Waals surface area contributed by atoms with Gasteiger partial charge in [0.2, 0.25) is 10.0 Å². The minimum absolute atomic E-state index is 0.0634. The predicted octanol–water partition coefficient (Wildman–Crippen LogP) is 4.05. The molecule has 0 saturated heterocycles. The summed E-state index contributed by atoms with van der Waals surface area (Å²) in [7, 11) is -2.13. The van der Waals surface area contributed by atoms with Gasteiger partial charge in [-0.3, -0.25) is 4.79 Å². The van der Waals surface area contributed by atoms with Crippen molar-refractivity contribution in [2.24, 2.45) is 5.92 Å². The average molecular weight is 451 g/mol. The van der Waals surface area contributed by atoms with Gasteiger partial charge in [-0.05, 0) is 60.2 Å². The third kappa shape index (κ3) is 5.36. The first-order valence-corrected chi connectivity index (χ1v) is 12.0. The minimum Gasteiger partial charge on any atom is -0.497 e. The Balaban J connectivity index is 1.48. The lowest BCUT2D eigenvalue weighted by Gasteiger charge is -2.19. The average Bonchev–Trinajstić information content (AvgIpc) is 3.67. The highest BCUT2D eigenvalue weighted by molar-refractivity contribution is 7.89. The number of carbonyl (C=O) groups excluding carboxylic acids is 1. The van der Waals surface area contributed by atoms with Gasteiger partial charge in [-0.2, -0.15) is 0 Å². The topological polar surface area (TPSA) is 84.5 Å². The van der Waals surface area contributed by atoms with E-state index in [1.54, 1.807) is 19.2 Å². The van der Waals surface area contributed by atoms with E-state index in [0.29, 0.717) is 11.5 Å². The molecule has 7 heteroatoms. The van der Waals surface area contributed by atoms with Crippen LogP contribution in [0.1, 0.15) is 40.4 Å². The smallest absolute Gasteiger partial charge is 0.251 e. The molecule has 1 aliphatic rings. The van der Waals surface area contributed by atoms with E-state index in [0.717, 1.165) is 29.7 Å². The number of sulfonamides is 1. The standard InChI is InChI=1S/C25H26N2O4S/c1-31-22-14-12-20(13-15-22)24(19-10-11-19)27-25(28)21-8-5-9-23(16-21)32(29,30)26-17-18-6-3-2-4-7-18/h2-9,12-16,19,24,26H,10-11,17H2,1H3,(H,27,28). The van der Waals surface area contributed by atoms with E-state index in [2.05, 4.69) is 10.0 Å². The first-order valence-electron chi connectivity index (χ1n) is 10.5. The van der Waals surface area contributed by atoms with E-state index in [4.69, 9.17) is 4.74 Å². The van der Waals surface area contributed by atoms with Crippen LogP contribution in [0.3, 0.4) is 0 Å². The number of hydrogen-bond donors (Lipinski definition) is 2. The molecule has 0 radical (unpaired) electrons. The third-order valence-corrected chi connectivity index (χ3v) is 6.97. The number of rotatable bonds is 9. The van der Waals surface area contributed by atoms with Crippen molar-refractivity contribution >= 4 is 15.9 Å². The monoisotopic (exact) mass is 450 g/mol. The summed E-state index contributed by atoms with van der Waals surface area (Å²) in [5, 5.41) is 3.09. The Morgan fingerprint density at radius 3 is 2.38 bits per heavy atom. The molecular weight excluding hydrogens is 424 g/mol. The molecule has 3 aromatic rings. The Hall–Kier alpha value is -3.16. The molecule has 0 spiro atoms. The Labute approximate surface area is 188 Å². The molecule has 1 fully saturated rings. The van der Waals surface area contributed by atoms with Crippen LogP contribution >= 0.6 is 0 Å². The molecule has 1 saturated carbocycles. The largest absolute Gasteiger partial charge is 0.497 e. The molecule has 0 aliphatic heterocycles. The summed E-state index contributed by atoms with van der Waals surface area (Å²) < 4.78 is 33.3. The Morgan fingerprint density at radius 1 is 1.00 bits per heavy atom. The molecule has 0 heterocycles. The molecule has 1 aliphatic carbocycles. The highest BCUT2D eigenvalue weighted by atomic mass is 32.2. The molecule has 0 bridgehead atoms. The summed E-state index contributed by atoms with van der Waals surface area (Å²) in [5.74, 6) is 0.847. The third-order valence-electron chi connectivity index (χ3n) is 5.57. The Morgan fingerprint density at radius 2 is 1.72 bits per heavy atom.